The second kappa shape index (κ2) is 9.65. The first-order valence-corrected chi connectivity index (χ1v) is 10.7. The van der Waals surface area contributed by atoms with E-state index in [1.54, 1.807) is 26.2 Å². The van der Waals surface area contributed by atoms with Gasteiger partial charge in [-0.1, -0.05) is 30.3 Å². The minimum atomic E-state index is -0.0273. The number of carbonyl (C=O) groups excluding carboxylic acids is 1. The van der Waals surface area contributed by atoms with Crippen LogP contribution in [0.1, 0.15) is 6.92 Å². The number of amides is 1. The van der Waals surface area contributed by atoms with Crippen LogP contribution in [0.4, 0.5) is 5.69 Å². The van der Waals surface area contributed by atoms with Gasteiger partial charge >= 0.3 is 0 Å². The molecule has 7 heteroatoms. The Kier molecular flexibility index (Phi) is 6.49. The normalized spacial score (nSPS) is 10.8. The summed E-state index contributed by atoms with van der Waals surface area (Å²) in [6, 6.07) is 21.1. The van der Waals surface area contributed by atoms with Crippen LogP contribution in [-0.4, -0.2) is 43.3 Å². The monoisotopic (exact) mass is 445 g/mol. The summed E-state index contributed by atoms with van der Waals surface area (Å²) in [5, 5.41) is 0. The highest BCUT2D eigenvalue weighted by Gasteiger charge is 2.22. The zero-order chi connectivity index (χ0) is 23.4. The Morgan fingerprint density at radius 1 is 0.909 bits per heavy atom. The van der Waals surface area contributed by atoms with E-state index in [-0.39, 0.29) is 12.5 Å². The molecule has 0 aliphatic rings. The fourth-order valence-electron chi connectivity index (χ4n) is 4.00. The van der Waals surface area contributed by atoms with Crippen molar-refractivity contribution in [2.24, 2.45) is 0 Å². The van der Waals surface area contributed by atoms with E-state index < -0.39 is 0 Å². The molecule has 0 bridgehead atoms. The molecule has 0 fully saturated rings. The van der Waals surface area contributed by atoms with Gasteiger partial charge in [0.25, 0.3) is 0 Å². The molecule has 4 rings (SSSR count). The number of benzene rings is 3. The van der Waals surface area contributed by atoms with Crippen LogP contribution < -0.4 is 19.1 Å². The molecule has 0 atom stereocenters. The fraction of sp³-hybridized carbons (Fsp3) is 0.231. The van der Waals surface area contributed by atoms with Crippen LogP contribution in [0.5, 0.6) is 17.2 Å². The number of ether oxygens (including phenoxy) is 3. The van der Waals surface area contributed by atoms with Crippen LogP contribution in [0.25, 0.3) is 22.4 Å². The average Bonchev–Trinajstić information content (AvgIpc) is 3.22. The van der Waals surface area contributed by atoms with E-state index in [4.69, 9.17) is 19.2 Å². The molecule has 0 aliphatic carbocycles. The number of methoxy groups -OCH3 is 3. The Balaban J connectivity index is 1.83. The van der Waals surface area contributed by atoms with Crippen molar-refractivity contribution < 1.29 is 19.0 Å². The Morgan fingerprint density at radius 3 is 2.15 bits per heavy atom. The lowest BCUT2D eigenvalue weighted by molar-refractivity contribution is -0.119. The Morgan fingerprint density at radius 2 is 1.55 bits per heavy atom. The first kappa shape index (κ1) is 22.2. The molecule has 0 saturated heterocycles. The van der Waals surface area contributed by atoms with Gasteiger partial charge in [0.2, 0.25) is 11.7 Å². The molecular formula is C26H27N3O4. The van der Waals surface area contributed by atoms with Crippen LogP contribution in [0.2, 0.25) is 0 Å². The van der Waals surface area contributed by atoms with Crippen LogP contribution in [-0.2, 0) is 11.3 Å². The Bertz CT molecular complexity index is 1240. The molecule has 0 N–H and O–H groups in total. The van der Waals surface area contributed by atoms with Gasteiger partial charge < -0.3 is 23.7 Å². The molecule has 0 saturated carbocycles. The number of para-hydroxylation sites is 3. The number of imidazole rings is 1. The second-order valence-electron chi connectivity index (χ2n) is 7.40. The smallest absolute Gasteiger partial charge is 0.246 e. The molecule has 4 aromatic rings. The van der Waals surface area contributed by atoms with E-state index in [1.807, 2.05) is 78.2 Å². The maximum absolute atomic E-state index is 13.4. The summed E-state index contributed by atoms with van der Waals surface area (Å²) in [5.74, 6) is 2.17. The van der Waals surface area contributed by atoms with E-state index in [0.29, 0.717) is 29.6 Å². The third kappa shape index (κ3) is 4.22. The van der Waals surface area contributed by atoms with Crippen LogP contribution in [0.15, 0.2) is 66.7 Å². The van der Waals surface area contributed by atoms with Crippen molar-refractivity contribution >= 4 is 22.6 Å². The lowest BCUT2D eigenvalue weighted by Crippen LogP contribution is -2.33. The Labute approximate surface area is 193 Å². The van der Waals surface area contributed by atoms with Crippen molar-refractivity contribution in [2.45, 2.75) is 13.5 Å². The molecule has 0 aliphatic heterocycles. The molecule has 170 valence electrons. The van der Waals surface area contributed by atoms with E-state index in [2.05, 4.69) is 0 Å². The molecule has 33 heavy (non-hydrogen) atoms. The largest absolute Gasteiger partial charge is 0.493 e. The maximum Gasteiger partial charge on any atom is 0.246 e. The van der Waals surface area contributed by atoms with Gasteiger partial charge in [0.1, 0.15) is 12.4 Å². The molecule has 3 aromatic carbocycles. The van der Waals surface area contributed by atoms with Crippen molar-refractivity contribution in [1.82, 2.24) is 9.55 Å². The van der Waals surface area contributed by atoms with E-state index in [1.165, 1.54) is 0 Å². The molecule has 0 spiro atoms. The van der Waals surface area contributed by atoms with Crippen LogP contribution >= 0.6 is 0 Å². The maximum atomic E-state index is 13.4. The summed E-state index contributed by atoms with van der Waals surface area (Å²) in [6.45, 7) is 2.67. The topological polar surface area (TPSA) is 65.8 Å². The predicted molar refractivity (Wildman–Crippen MR) is 129 cm³/mol. The number of carbonyl (C=O) groups is 1. The summed E-state index contributed by atoms with van der Waals surface area (Å²) in [5.41, 5.74) is 3.30. The van der Waals surface area contributed by atoms with Gasteiger partial charge in [-0.25, -0.2) is 4.98 Å². The molecular weight excluding hydrogens is 418 g/mol. The third-order valence-corrected chi connectivity index (χ3v) is 5.56. The van der Waals surface area contributed by atoms with E-state index >= 15 is 0 Å². The molecule has 1 aromatic heterocycles. The molecule has 1 heterocycles. The summed E-state index contributed by atoms with van der Waals surface area (Å²) < 4.78 is 18.5. The summed E-state index contributed by atoms with van der Waals surface area (Å²) in [7, 11) is 4.72. The van der Waals surface area contributed by atoms with Gasteiger partial charge in [0.05, 0.1) is 32.4 Å². The van der Waals surface area contributed by atoms with Crippen molar-refractivity contribution in [3.8, 4) is 28.6 Å². The van der Waals surface area contributed by atoms with Gasteiger partial charge in [0, 0.05) is 17.8 Å². The fourth-order valence-corrected chi connectivity index (χ4v) is 4.00. The average molecular weight is 446 g/mol. The van der Waals surface area contributed by atoms with E-state index in [0.717, 1.165) is 22.3 Å². The highest BCUT2D eigenvalue weighted by Crippen LogP contribution is 2.41. The highest BCUT2D eigenvalue weighted by molar-refractivity contribution is 5.95. The van der Waals surface area contributed by atoms with Crippen LogP contribution in [0.3, 0.4) is 0 Å². The molecule has 0 unspecified atom stereocenters. The third-order valence-electron chi connectivity index (χ3n) is 5.56. The minimum absolute atomic E-state index is 0.0273. The molecule has 0 radical (unpaired) electrons. The summed E-state index contributed by atoms with van der Waals surface area (Å²) in [6.07, 6.45) is 0. The first-order valence-electron chi connectivity index (χ1n) is 10.7. The van der Waals surface area contributed by atoms with Gasteiger partial charge in [-0.05, 0) is 43.3 Å². The van der Waals surface area contributed by atoms with Crippen molar-refractivity contribution in [3.63, 3.8) is 0 Å². The van der Waals surface area contributed by atoms with Gasteiger partial charge in [0.15, 0.2) is 11.5 Å². The van der Waals surface area contributed by atoms with Crippen LogP contribution in [0, 0.1) is 0 Å². The van der Waals surface area contributed by atoms with Gasteiger partial charge in [-0.2, -0.15) is 0 Å². The zero-order valence-corrected chi connectivity index (χ0v) is 19.2. The number of fused-ring (bicyclic) bond motifs is 1. The summed E-state index contributed by atoms with van der Waals surface area (Å²) >= 11 is 0. The lowest BCUT2D eigenvalue weighted by atomic mass is 10.1. The molecule has 7 nitrogen and oxygen atoms in total. The quantitative estimate of drug-likeness (QED) is 0.390. The van der Waals surface area contributed by atoms with Crippen molar-refractivity contribution in [2.75, 3.05) is 32.8 Å². The predicted octanol–water partition coefficient (Wildman–Crippen LogP) is 4.78. The Hall–Kier alpha value is -4.00. The number of rotatable bonds is 8. The number of anilines is 1. The van der Waals surface area contributed by atoms with E-state index in [9.17, 15) is 4.79 Å². The number of likely N-dealkylation sites (N-methyl/N-ethyl adjacent to an activating group) is 1. The first-order chi connectivity index (χ1) is 16.1. The van der Waals surface area contributed by atoms with Crippen molar-refractivity contribution in [3.05, 3.63) is 66.7 Å². The zero-order valence-electron chi connectivity index (χ0n) is 19.2. The number of hydrogen-bond donors (Lipinski definition) is 0. The second-order valence-corrected chi connectivity index (χ2v) is 7.40. The van der Waals surface area contributed by atoms with Gasteiger partial charge in [-0.15, -0.1) is 0 Å². The lowest BCUT2D eigenvalue weighted by Gasteiger charge is -2.22. The number of nitrogens with zero attached hydrogens (tertiary/aromatic N) is 3. The SMILES string of the molecule is CCN(C(=O)Cn1c(-c2cc(OC)c(OC)c(OC)c2)nc2ccccc21)c1ccccc1. The summed E-state index contributed by atoms with van der Waals surface area (Å²) in [4.78, 5) is 20.0. The number of aromatic nitrogens is 2. The van der Waals surface area contributed by atoms with Gasteiger partial charge in [-0.3, -0.25) is 4.79 Å². The minimum Gasteiger partial charge on any atom is -0.493 e. The highest BCUT2D eigenvalue weighted by atomic mass is 16.5. The standard InChI is InChI=1S/C26H27N3O4/c1-5-28(19-11-7-6-8-12-19)24(30)17-29-21-14-10-9-13-20(21)27-26(29)18-15-22(31-2)25(33-4)23(16-18)32-3/h6-16H,5,17H2,1-4H3. The van der Waals surface area contributed by atoms with Crippen molar-refractivity contribution in [1.29, 1.82) is 0 Å². The number of hydrogen-bond acceptors (Lipinski definition) is 5. The molecule has 1 amide bonds.